The smallest absolute Gasteiger partial charge is 0.135 e. The summed E-state index contributed by atoms with van der Waals surface area (Å²) in [6.45, 7) is 2.59. The van der Waals surface area contributed by atoms with Crippen molar-refractivity contribution in [1.82, 2.24) is 0 Å². The second-order valence-corrected chi connectivity index (χ2v) is 5.07. The fraction of sp³-hybridized carbons (Fsp3) is 0.556. The predicted molar refractivity (Wildman–Crippen MR) is 83.9 cm³/mol. The topological polar surface area (TPSA) is 29.5 Å². The average Bonchev–Trinajstić information content (AvgIpc) is 2.49. The molecule has 0 unspecified atom stereocenters. The van der Waals surface area contributed by atoms with Crippen LogP contribution in [0.2, 0.25) is 0 Å². The summed E-state index contributed by atoms with van der Waals surface area (Å²) < 4.78 is 18.8. The van der Waals surface area contributed by atoms with E-state index in [1.807, 2.05) is 0 Å². The fourth-order valence-corrected chi connectivity index (χ4v) is 2.10. The van der Waals surface area contributed by atoms with Crippen LogP contribution >= 0.6 is 0 Å². The summed E-state index contributed by atoms with van der Waals surface area (Å²) in [5.74, 6) is 5.47. The summed E-state index contributed by atoms with van der Waals surface area (Å²) in [5.41, 5.74) is 0.493. The van der Waals surface area contributed by atoms with Crippen molar-refractivity contribution >= 4 is 0 Å². The standard InChI is InChI=1S/C18H25FO2/c1-2-3-4-5-6-7-8-14-21-18-12-11-17(19)15-16(18)10-9-13-20/h11-12,15,20H,2-8,13-14H2,1H3. The van der Waals surface area contributed by atoms with Crippen molar-refractivity contribution < 1.29 is 14.2 Å². The van der Waals surface area contributed by atoms with Crippen molar-refractivity contribution in [3.8, 4) is 17.6 Å². The Labute approximate surface area is 127 Å². The van der Waals surface area contributed by atoms with E-state index < -0.39 is 0 Å². The van der Waals surface area contributed by atoms with E-state index in [1.165, 1.54) is 44.2 Å². The molecular weight excluding hydrogens is 267 g/mol. The maximum absolute atomic E-state index is 13.2. The van der Waals surface area contributed by atoms with Gasteiger partial charge in [0.05, 0.1) is 12.2 Å². The van der Waals surface area contributed by atoms with Gasteiger partial charge in [0, 0.05) is 0 Å². The largest absolute Gasteiger partial charge is 0.492 e. The maximum atomic E-state index is 13.2. The highest BCUT2D eigenvalue weighted by molar-refractivity contribution is 5.46. The lowest BCUT2D eigenvalue weighted by atomic mass is 10.1. The molecule has 0 spiro atoms. The molecule has 0 aliphatic carbocycles. The Morgan fingerprint density at radius 3 is 2.52 bits per heavy atom. The van der Waals surface area contributed by atoms with E-state index in [2.05, 4.69) is 18.8 Å². The van der Waals surface area contributed by atoms with Crippen molar-refractivity contribution in [2.75, 3.05) is 13.2 Å². The molecule has 0 bridgehead atoms. The minimum atomic E-state index is -0.347. The highest BCUT2D eigenvalue weighted by atomic mass is 19.1. The monoisotopic (exact) mass is 292 g/mol. The number of hydrogen-bond acceptors (Lipinski definition) is 2. The van der Waals surface area contributed by atoms with Crippen LogP contribution in [0.5, 0.6) is 5.75 Å². The number of aliphatic hydroxyl groups is 1. The molecule has 0 aromatic heterocycles. The first kappa shape index (κ1) is 17.5. The minimum absolute atomic E-state index is 0.242. The van der Waals surface area contributed by atoms with Gasteiger partial charge >= 0.3 is 0 Å². The molecule has 2 nitrogen and oxygen atoms in total. The van der Waals surface area contributed by atoms with Crippen LogP contribution in [-0.2, 0) is 0 Å². The SMILES string of the molecule is CCCCCCCCCOc1ccc(F)cc1C#CCO. The molecule has 0 saturated heterocycles. The first-order chi connectivity index (χ1) is 10.3. The Balaban J connectivity index is 2.31. The van der Waals surface area contributed by atoms with Crippen molar-refractivity contribution in [3.05, 3.63) is 29.6 Å². The lowest BCUT2D eigenvalue weighted by Crippen LogP contribution is -1.99. The van der Waals surface area contributed by atoms with Crippen LogP contribution in [0, 0.1) is 17.7 Å². The Morgan fingerprint density at radius 1 is 1.10 bits per heavy atom. The summed E-state index contributed by atoms with van der Waals surface area (Å²) >= 11 is 0. The Hall–Kier alpha value is -1.53. The number of ether oxygens (including phenoxy) is 1. The van der Waals surface area contributed by atoms with Gasteiger partial charge in [-0.15, -0.1) is 0 Å². The van der Waals surface area contributed by atoms with E-state index in [9.17, 15) is 4.39 Å². The third-order valence-corrected chi connectivity index (χ3v) is 3.25. The first-order valence-electron chi connectivity index (χ1n) is 7.80. The van der Waals surface area contributed by atoms with Gasteiger partial charge in [0.25, 0.3) is 0 Å². The van der Waals surface area contributed by atoms with E-state index in [0.717, 1.165) is 12.8 Å². The molecule has 0 heterocycles. The summed E-state index contributed by atoms with van der Waals surface area (Å²) in [5, 5.41) is 8.71. The van der Waals surface area contributed by atoms with Crippen molar-refractivity contribution in [3.63, 3.8) is 0 Å². The summed E-state index contributed by atoms with van der Waals surface area (Å²) in [4.78, 5) is 0. The van der Waals surface area contributed by atoms with Crippen molar-refractivity contribution in [1.29, 1.82) is 0 Å². The van der Waals surface area contributed by atoms with Gasteiger partial charge in [0.2, 0.25) is 0 Å². The van der Waals surface area contributed by atoms with Gasteiger partial charge in [0.1, 0.15) is 18.2 Å². The van der Waals surface area contributed by atoms with E-state index in [0.29, 0.717) is 17.9 Å². The lowest BCUT2D eigenvalue weighted by molar-refractivity contribution is 0.303. The molecule has 116 valence electrons. The molecule has 0 amide bonds. The maximum Gasteiger partial charge on any atom is 0.135 e. The molecular formula is C18H25FO2. The molecule has 0 fully saturated rings. The van der Waals surface area contributed by atoms with E-state index in [4.69, 9.17) is 9.84 Å². The highest BCUT2D eigenvalue weighted by Crippen LogP contribution is 2.19. The molecule has 0 aliphatic rings. The van der Waals surface area contributed by atoms with E-state index in [1.54, 1.807) is 6.07 Å². The number of rotatable bonds is 9. The lowest BCUT2D eigenvalue weighted by Gasteiger charge is -2.08. The van der Waals surface area contributed by atoms with Crippen LogP contribution in [0.3, 0.4) is 0 Å². The quantitative estimate of drug-likeness (QED) is 0.543. The zero-order valence-electron chi connectivity index (χ0n) is 12.8. The van der Waals surface area contributed by atoms with Gasteiger partial charge in [-0.25, -0.2) is 4.39 Å². The summed E-state index contributed by atoms with van der Waals surface area (Å²) in [7, 11) is 0. The normalized spacial score (nSPS) is 10.0. The van der Waals surface area contributed by atoms with Crippen LogP contribution in [0.1, 0.15) is 57.4 Å². The number of aliphatic hydroxyl groups excluding tert-OH is 1. The number of benzene rings is 1. The van der Waals surface area contributed by atoms with E-state index >= 15 is 0 Å². The van der Waals surface area contributed by atoms with Gasteiger partial charge in [-0.05, 0) is 24.6 Å². The molecule has 0 radical (unpaired) electrons. The molecule has 0 atom stereocenters. The summed E-state index contributed by atoms with van der Waals surface area (Å²) in [6.07, 6.45) is 8.58. The van der Waals surface area contributed by atoms with E-state index in [-0.39, 0.29) is 12.4 Å². The van der Waals surface area contributed by atoms with Crippen LogP contribution in [0.15, 0.2) is 18.2 Å². The Bertz CT molecular complexity index is 460. The number of hydrogen-bond donors (Lipinski definition) is 1. The van der Waals surface area contributed by atoms with Gasteiger partial charge in [-0.2, -0.15) is 0 Å². The Kier molecular flexibility index (Phi) is 9.32. The van der Waals surface area contributed by atoms with Crippen LogP contribution < -0.4 is 4.74 Å². The molecule has 3 heteroatoms. The molecule has 1 aromatic rings. The predicted octanol–water partition coefficient (Wildman–Crippen LogP) is 4.30. The zero-order chi connectivity index (χ0) is 15.3. The molecule has 0 aliphatic heterocycles. The van der Waals surface area contributed by atoms with Crippen LogP contribution in [0.25, 0.3) is 0 Å². The van der Waals surface area contributed by atoms with Crippen molar-refractivity contribution in [2.24, 2.45) is 0 Å². The average molecular weight is 292 g/mol. The second kappa shape index (κ2) is 11.2. The van der Waals surface area contributed by atoms with Gasteiger partial charge in [0.15, 0.2) is 0 Å². The molecule has 1 N–H and O–H groups in total. The number of unbranched alkanes of at least 4 members (excludes halogenated alkanes) is 6. The minimum Gasteiger partial charge on any atom is -0.492 e. The van der Waals surface area contributed by atoms with Gasteiger partial charge in [-0.3, -0.25) is 0 Å². The fourth-order valence-electron chi connectivity index (χ4n) is 2.10. The first-order valence-corrected chi connectivity index (χ1v) is 7.80. The third-order valence-electron chi connectivity index (χ3n) is 3.25. The Morgan fingerprint density at radius 2 is 1.81 bits per heavy atom. The van der Waals surface area contributed by atoms with Crippen LogP contribution in [-0.4, -0.2) is 18.3 Å². The molecule has 0 saturated carbocycles. The zero-order valence-corrected chi connectivity index (χ0v) is 12.8. The van der Waals surface area contributed by atoms with Gasteiger partial charge in [-0.1, -0.05) is 57.3 Å². The number of halogens is 1. The third kappa shape index (κ3) is 7.72. The molecule has 1 rings (SSSR count). The van der Waals surface area contributed by atoms with Gasteiger partial charge < -0.3 is 9.84 Å². The second-order valence-electron chi connectivity index (χ2n) is 5.07. The van der Waals surface area contributed by atoms with Crippen LogP contribution in [0.4, 0.5) is 4.39 Å². The molecule has 1 aromatic carbocycles. The highest BCUT2D eigenvalue weighted by Gasteiger charge is 2.03. The summed E-state index contributed by atoms with van der Waals surface area (Å²) in [6, 6.07) is 4.30. The molecule has 21 heavy (non-hydrogen) atoms. The van der Waals surface area contributed by atoms with Crippen molar-refractivity contribution in [2.45, 2.75) is 51.9 Å².